The van der Waals surface area contributed by atoms with Gasteiger partial charge < -0.3 is 15.0 Å². The van der Waals surface area contributed by atoms with E-state index in [9.17, 15) is 14.0 Å². The number of anilines is 2. The van der Waals surface area contributed by atoms with Crippen LogP contribution in [-0.4, -0.2) is 23.9 Å². The smallest absolute Gasteiger partial charge is 0.231 e. The Bertz CT molecular complexity index is 1300. The molecule has 1 aromatic heterocycles. The third-order valence-corrected chi connectivity index (χ3v) is 6.97. The Hall–Kier alpha value is -3.78. The van der Waals surface area contributed by atoms with Gasteiger partial charge in [-0.15, -0.1) is 0 Å². The average molecular weight is 476 g/mol. The van der Waals surface area contributed by atoms with Crippen molar-refractivity contribution in [1.82, 2.24) is 4.98 Å². The Labute approximate surface area is 200 Å². The first-order valence-electron chi connectivity index (χ1n) is 10.9. The van der Waals surface area contributed by atoms with Crippen molar-refractivity contribution in [2.45, 2.75) is 18.9 Å². The van der Waals surface area contributed by atoms with Gasteiger partial charge in [0.05, 0.1) is 29.3 Å². The summed E-state index contributed by atoms with van der Waals surface area (Å²) in [6, 6.07) is 20.2. The number of nitrogens with one attached hydrogen (secondary N) is 1. The van der Waals surface area contributed by atoms with Gasteiger partial charge in [-0.25, -0.2) is 9.37 Å². The summed E-state index contributed by atoms with van der Waals surface area (Å²) in [5.41, 5.74) is 2.16. The minimum Gasteiger partial charge on any atom is -0.497 e. The molecule has 0 radical (unpaired) electrons. The number of benzene rings is 3. The second-order valence-electron chi connectivity index (χ2n) is 8.08. The van der Waals surface area contributed by atoms with Gasteiger partial charge in [-0.3, -0.25) is 9.59 Å². The van der Waals surface area contributed by atoms with E-state index in [4.69, 9.17) is 4.74 Å². The Morgan fingerprint density at radius 2 is 1.82 bits per heavy atom. The number of aromatic nitrogens is 1. The molecule has 172 valence electrons. The number of hydrogen-bond acceptors (Lipinski definition) is 5. The first-order chi connectivity index (χ1) is 16.5. The van der Waals surface area contributed by atoms with Crippen molar-refractivity contribution < 1.29 is 18.7 Å². The molecule has 0 unspecified atom stereocenters. The highest BCUT2D eigenvalue weighted by Gasteiger charge is 2.41. The van der Waals surface area contributed by atoms with Crippen molar-refractivity contribution in [2.24, 2.45) is 5.92 Å². The van der Waals surface area contributed by atoms with Gasteiger partial charge in [-0.1, -0.05) is 35.6 Å². The van der Waals surface area contributed by atoms with Gasteiger partial charge in [0.25, 0.3) is 0 Å². The van der Waals surface area contributed by atoms with Crippen LogP contribution >= 0.6 is 11.3 Å². The van der Waals surface area contributed by atoms with Crippen LogP contribution in [0.15, 0.2) is 72.8 Å². The van der Waals surface area contributed by atoms with Crippen LogP contribution in [0.2, 0.25) is 0 Å². The molecular weight excluding hydrogens is 453 g/mol. The lowest BCUT2D eigenvalue weighted by molar-refractivity contribution is -0.125. The minimum absolute atomic E-state index is 0.0940. The quantitative estimate of drug-likeness (QED) is 0.410. The van der Waals surface area contributed by atoms with Crippen molar-refractivity contribution in [3.8, 4) is 5.75 Å². The van der Waals surface area contributed by atoms with Crippen LogP contribution < -0.4 is 15.0 Å². The van der Waals surface area contributed by atoms with E-state index in [2.05, 4.69) is 10.3 Å². The molecule has 6 nitrogen and oxygen atoms in total. The average Bonchev–Trinajstić information content (AvgIpc) is 3.26. The standard InChI is InChI=1S/C26H22FN3O3S/c1-33-19-12-10-18(11-13-19)30-23(31)15-14-20(24(30)16-6-8-17(27)9-7-16)25(32)29-26-28-21-4-2-3-5-22(21)34-26/h2-13,20,24H,14-15H2,1H3,(H,28,29,32)/t20-,24-/m0/s1. The van der Waals surface area contributed by atoms with E-state index in [1.807, 2.05) is 24.3 Å². The Balaban J connectivity index is 1.51. The zero-order chi connectivity index (χ0) is 23.7. The van der Waals surface area contributed by atoms with Gasteiger partial charge >= 0.3 is 0 Å². The molecule has 0 spiro atoms. The molecule has 2 amide bonds. The highest BCUT2D eigenvalue weighted by Crippen LogP contribution is 2.41. The molecule has 1 aliphatic heterocycles. The zero-order valence-corrected chi connectivity index (χ0v) is 19.2. The number of piperidine rings is 1. The number of carbonyl (C=O) groups is 2. The van der Waals surface area contributed by atoms with E-state index in [0.29, 0.717) is 28.6 Å². The summed E-state index contributed by atoms with van der Waals surface area (Å²) in [5.74, 6) is -0.575. The predicted molar refractivity (Wildman–Crippen MR) is 131 cm³/mol. The first-order valence-corrected chi connectivity index (χ1v) is 11.7. The number of para-hydroxylation sites is 1. The molecule has 0 aliphatic carbocycles. The highest BCUT2D eigenvalue weighted by atomic mass is 32.1. The van der Waals surface area contributed by atoms with Crippen molar-refractivity contribution in [3.05, 3.63) is 84.2 Å². The maximum atomic E-state index is 13.7. The fraction of sp³-hybridized carbons (Fsp3) is 0.192. The molecule has 34 heavy (non-hydrogen) atoms. The molecule has 3 aromatic carbocycles. The van der Waals surface area contributed by atoms with Crippen LogP contribution in [0.25, 0.3) is 10.2 Å². The van der Waals surface area contributed by atoms with E-state index < -0.39 is 12.0 Å². The number of fused-ring (bicyclic) bond motifs is 1. The van der Waals surface area contributed by atoms with Gasteiger partial charge in [0.2, 0.25) is 11.8 Å². The number of hydrogen-bond donors (Lipinski definition) is 1. The highest BCUT2D eigenvalue weighted by molar-refractivity contribution is 7.22. The summed E-state index contributed by atoms with van der Waals surface area (Å²) in [4.78, 5) is 32.8. The molecule has 2 atom stereocenters. The topological polar surface area (TPSA) is 71.5 Å². The van der Waals surface area contributed by atoms with Gasteiger partial charge in [-0.2, -0.15) is 0 Å². The number of carbonyl (C=O) groups excluding carboxylic acids is 2. The SMILES string of the molecule is COc1ccc(N2C(=O)CC[C@H](C(=O)Nc3nc4ccccc4s3)[C@@H]2c2ccc(F)cc2)cc1. The molecule has 4 aromatic rings. The molecule has 5 rings (SSSR count). The van der Waals surface area contributed by atoms with Gasteiger partial charge in [-0.05, 0) is 60.5 Å². The zero-order valence-electron chi connectivity index (χ0n) is 18.4. The molecule has 0 bridgehead atoms. The van der Waals surface area contributed by atoms with E-state index in [1.165, 1.54) is 23.5 Å². The largest absolute Gasteiger partial charge is 0.497 e. The van der Waals surface area contributed by atoms with Crippen molar-refractivity contribution in [2.75, 3.05) is 17.3 Å². The molecule has 1 aliphatic rings. The molecule has 0 saturated carbocycles. The third-order valence-electron chi connectivity index (χ3n) is 6.02. The minimum atomic E-state index is -0.593. The van der Waals surface area contributed by atoms with E-state index in [0.717, 1.165) is 10.2 Å². The van der Waals surface area contributed by atoms with E-state index in [1.54, 1.807) is 48.4 Å². The van der Waals surface area contributed by atoms with Crippen molar-refractivity contribution >= 4 is 44.2 Å². The summed E-state index contributed by atoms with van der Waals surface area (Å²) in [5, 5.41) is 3.46. The summed E-state index contributed by atoms with van der Waals surface area (Å²) in [6.07, 6.45) is 0.603. The van der Waals surface area contributed by atoms with Crippen LogP contribution in [0.4, 0.5) is 15.2 Å². The fourth-order valence-electron chi connectivity index (χ4n) is 4.38. The lowest BCUT2D eigenvalue weighted by atomic mass is 9.83. The lowest BCUT2D eigenvalue weighted by Gasteiger charge is -2.40. The Morgan fingerprint density at radius 3 is 2.53 bits per heavy atom. The summed E-state index contributed by atoms with van der Waals surface area (Å²) in [7, 11) is 1.57. The van der Waals surface area contributed by atoms with Crippen LogP contribution in [0, 0.1) is 11.7 Å². The maximum Gasteiger partial charge on any atom is 0.231 e. The van der Waals surface area contributed by atoms with Crippen LogP contribution in [0.1, 0.15) is 24.4 Å². The monoisotopic (exact) mass is 475 g/mol. The van der Waals surface area contributed by atoms with Gasteiger partial charge in [0.15, 0.2) is 5.13 Å². The Kier molecular flexibility index (Phi) is 5.98. The number of thiazole rings is 1. The van der Waals surface area contributed by atoms with Crippen molar-refractivity contribution in [1.29, 1.82) is 0 Å². The summed E-state index contributed by atoms with van der Waals surface area (Å²) >= 11 is 1.40. The number of nitrogens with zero attached hydrogens (tertiary/aromatic N) is 2. The molecule has 1 fully saturated rings. The van der Waals surface area contributed by atoms with Crippen molar-refractivity contribution in [3.63, 3.8) is 0 Å². The van der Waals surface area contributed by atoms with Gasteiger partial charge in [0.1, 0.15) is 11.6 Å². The third kappa shape index (κ3) is 4.24. The lowest BCUT2D eigenvalue weighted by Crippen LogP contribution is -2.47. The molecule has 1 saturated heterocycles. The predicted octanol–water partition coefficient (Wildman–Crippen LogP) is 5.57. The molecule has 1 N–H and O–H groups in total. The van der Waals surface area contributed by atoms with Gasteiger partial charge in [0, 0.05) is 12.1 Å². The second-order valence-corrected chi connectivity index (χ2v) is 9.11. The van der Waals surface area contributed by atoms with Crippen LogP contribution in [0.3, 0.4) is 0 Å². The molecule has 8 heteroatoms. The number of halogens is 1. The van der Waals surface area contributed by atoms with E-state index in [-0.39, 0.29) is 24.1 Å². The first kappa shape index (κ1) is 22.0. The normalized spacial score (nSPS) is 18.2. The fourth-order valence-corrected chi connectivity index (χ4v) is 5.25. The summed E-state index contributed by atoms with van der Waals surface area (Å²) < 4.78 is 19.9. The number of rotatable bonds is 5. The van der Waals surface area contributed by atoms with E-state index >= 15 is 0 Å². The summed E-state index contributed by atoms with van der Waals surface area (Å²) in [6.45, 7) is 0. The molecular formula is C26H22FN3O3S. The number of ether oxygens (including phenoxy) is 1. The molecule has 2 heterocycles. The maximum absolute atomic E-state index is 13.7. The number of methoxy groups -OCH3 is 1. The van der Waals surface area contributed by atoms with Crippen LogP contribution in [0.5, 0.6) is 5.75 Å². The van der Waals surface area contributed by atoms with Crippen LogP contribution in [-0.2, 0) is 9.59 Å². The Morgan fingerprint density at radius 1 is 1.09 bits per heavy atom. The number of amides is 2. The second kappa shape index (κ2) is 9.23.